The van der Waals surface area contributed by atoms with Gasteiger partial charge in [0.15, 0.2) is 0 Å². The summed E-state index contributed by atoms with van der Waals surface area (Å²) < 4.78 is 11.9. The van der Waals surface area contributed by atoms with Gasteiger partial charge < -0.3 is 14.4 Å². The van der Waals surface area contributed by atoms with Crippen LogP contribution in [-0.4, -0.2) is 37.2 Å². The van der Waals surface area contributed by atoms with Crippen LogP contribution < -0.4 is 4.74 Å². The SMILES string of the molecule is CC(C)(C)c1ccc(COC2CCN(CCCOc3ccc(Cl)c(Cl)c3)CC2)cc1. The van der Waals surface area contributed by atoms with Gasteiger partial charge in [-0.05, 0) is 47.9 Å². The van der Waals surface area contributed by atoms with E-state index in [0.29, 0.717) is 29.4 Å². The third-order valence-corrected chi connectivity index (χ3v) is 6.36. The largest absolute Gasteiger partial charge is 0.493 e. The van der Waals surface area contributed by atoms with Crippen molar-refractivity contribution < 1.29 is 9.47 Å². The average molecular weight is 450 g/mol. The summed E-state index contributed by atoms with van der Waals surface area (Å²) in [7, 11) is 0. The van der Waals surface area contributed by atoms with Crippen molar-refractivity contribution in [1.29, 1.82) is 0 Å². The van der Waals surface area contributed by atoms with Crippen molar-refractivity contribution in [2.75, 3.05) is 26.2 Å². The predicted octanol–water partition coefficient (Wildman–Crippen LogP) is 6.74. The highest BCUT2D eigenvalue weighted by atomic mass is 35.5. The van der Waals surface area contributed by atoms with E-state index in [-0.39, 0.29) is 5.41 Å². The van der Waals surface area contributed by atoms with E-state index in [4.69, 9.17) is 32.7 Å². The van der Waals surface area contributed by atoms with Crippen molar-refractivity contribution in [3.05, 3.63) is 63.6 Å². The van der Waals surface area contributed by atoms with E-state index in [1.165, 1.54) is 11.1 Å². The molecule has 3 rings (SSSR count). The average Bonchev–Trinajstić information content (AvgIpc) is 2.73. The summed E-state index contributed by atoms with van der Waals surface area (Å²) in [4.78, 5) is 2.50. The van der Waals surface area contributed by atoms with Crippen molar-refractivity contribution in [2.24, 2.45) is 0 Å². The minimum atomic E-state index is 0.194. The lowest BCUT2D eigenvalue weighted by Gasteiger charge is -2.32. The van der Waals surface area contributed by atoms with Crippen LogP contribution in [0.3, 0.4) is 0 Å². The van der Waals surface area contributed by atoms with E-state index in [9.17, 15) is 0 Å². The Bertz CT molecular complexity index is 794. The highest BCUT2D eigenvalue weighted by Crippen LogP contribution is 2.26. The van der Waals surface area contributed by atoms with Crippen LogP contribution in [0.2, 0.25) is 10.0 Å². The number of ether oxygens (including phenoxy) is 2. The van der Waals surface area contributed by atoms with E-state index in [0.717, 1.165) is 44.6 Å². The van der Waals surface area contributed by atoms with E-state index in [1.54, 1.807) is 12.1 Å². The summed E-state index contributed by atoms with van der Waals surface area (Å²) in [5.41, 5.74) is 2.81. The highest BCUT2D eigenvalue weighted by Gasteiger charge is 2.19. The zero-order valence-electron chi connectivity index (χ0n) is 18.3. The Hall–Kier alpha value is -1.26. The van der Waals surface area contributed by atoms with Gasteiger partial charge in [-0.25, -0.2) is 0 Å². The summed E-state index contributed by atoms with van der Waals surface area (Å²) in [6, 6.07) is 14.2. The van der Waals surface area contributed by atoms with E-state index in [2.05, 4.69) is 49.9 Å². The molecule has 1 fully saturated rings. The first-order valence-corrected chi connectivity index (χ1v) is 11.6. The zero-order chi connectivity index (χ0) is 21.6. The van der Waals surface area contributed by atoms with Crippen LogP contribution in [0, 0.1) is 0 Å². The van der Waals surface area contributed by atoms with Gasteiger partial charge in [0.25, 0.3) is 0 Å². The fourth-order valence-electron chi connectivity index (χ4n) is 3.66. The van der Waals surface area contributed by atoms with Gasteiger partial charge in [-0.1, -0.05) is 68.2 Å². The fourth-order valence-corrected chi connectivity index (χ4v) is 3.95. The molecule has 164 valence electrons. The summed E-state index contributed by atoms with van der Waals surface area (Å²) in [6.45, 7) is 11.3. The van der Waals surface area contributed by atoms with Crippen LogP contribution >= 0.6 is 23.2 Å². The van der Waals surface area contributed by atoms with Crippen molar-refractivity contribution in [3.8, 4) is 5.75 Å². The molecule has 0 spiro atoms. The van der Waals surface area contributed by atoms with Crippen molar-refractivity contribution >= 4 is 23.2 Å². The topological polar surface area (TPSA) is 21.7 Å². The molecular weight excluding hydrogens is 417 g/mol. The predicted molar refractivity (Wildman–Crippen MR) is 126 cm³/mol. The van der Waals surface area contributed by atoms with Crippen LogP contribution in [0.5, 0.6) is 5.75 Å². The monoisotopic (exact) mass is 449 g/mol. The maximum atomic E-state index is 6.17. The van der Waals surface area contributed by atoms with Crippen LogP contribution in [0.25, 0.3) is 0 Å². The maximum Gasteiger partial charge on any atom is 0.120 e. The molecule has 0 unspecified atom stereocenters. The first-order chi connectivity index (χ1) is 14.3. The number of hydrogen-bond acceptors (Lipinski definition) is 3. The van der Waals surface area contributed by atoms with Gasteiger partial charge >= 0.3 is 0 Å². The molecule has 0 aliphatic carbocycles. The number of nitrogens with zero attached hydrogens (tertiary/aromatic N) is 1. The quantitative estimate of drug-likeness (QED) is 0.416. The Morgan fingerprint density at radius 2 is 1.67 bits per heavy atom. The second kappa shape index (κ2) is 10.9. The molecule has 0 aromatic heterocycles. The first-order valence-electron chi connectivity index (χ1n) is 10.8. The Morgan fingerprint density at radius 1 is 0.967 bits per heavy atom. The molecule has 0 N–H and O–H groups in total. The van der Waals surface area contributed by atoms with Crippen LogP contribution in [0.1, 0.15) is 51.2 Å². The summed E-state index contributed by atoms with van der Waals surface area (Å²) >= 11 is 12.0. The normalized spacial score (nSPS) is 16.0. The van der Waals surface area contributed by atoms with Gasteiger partial charge in [-0.2, -0.15) is 0 Å². The Kier molecular flexibility index (Phi) is 8.47. The van der Waals surface area contributed by atoms with Crippen molar-refractivity contribution in [2.45, 2.75) is 58.2 Å². The Labute approximate surface area is 191 Å². The van der Waals surface area contributed by atoms with Crippen LogP contribution in [-0.2, 0) is 16.8 Å². The van der Waals surface area contributed by atoms with Gasteiger partial charge in [-0.3, -0.25) is 0 Å². The lowest BCUT2D eigenvalue weighted by molar-refractivity contribution is -0.00304. The van der Waals surface area contributed by atoms with Crippen LogP contribution in [0.4, 0.5) is 0 Å². The van der Waals surface area contributed by atoms with Gasteiger partial charge in [0.05, 0.1) is 29.4 Å². The number of rotatable bonds is 8. The summed E-state index contributed by atoms with van der Waals surface area (Å²) in [6.07, 6.45) is 3.53. The lowest BCUT2D eigenvalue weighted by atomic mass is 9.87. The van der Waals surface area contributed by atoms with E-state index in [1.807, 2.05) is 6.07 Å². The molecule has 0 bridgehead atoms. The van der Waals surface area contributed by atoms with Gasteiger partial charge in [0, 0.05) is 25.7 Å². The minimum absolute atomic E-state index is 0.194. The molecule has 30 heavy (non-hydrogen) atoms. The number of likely N-dealkylation sites (tertiary alicyclic amines) is 1. The number of halogens is 2. The standard InChI is InChI=1S/C25H33Cl2NO2/c1-25(2,3)20-7-5-19(6-8-20)18-30-21-11-14-28(15-12-21)13-4-16-29-22-9-10-23(26)24(27)17-22/h5-10,17,21H,4,11-16,18H2,1-3H3. The number of hydrogen-bond donors (Lipinski definition) is 0. The van der Waals surface area contributed by atoms with E-state index < -0.39 is 0 Å². The van der Waals surface area contributed by atoms with Gasteiger partial charge in [0.2, 0.25) is 0 Å². The lowest BCUT2D eigenvalue weighted by Crippen LogP contribution is -2.37. The number of benzene rings is 2. The summed E-state index contributed by atoms with van der Waals surface area (Å²) in [5, 5.41) is 1.08. The first kappa shape index (κ1) is 23.4. The number of piperidine rings is 1. The van der Waals surface area contributed by atoms with Gasteiger partial charge in [-0.15, -0.1) is 0 Å². The highest BCUT2D eigenvalue weighted by molar-refractivity contribution is 6.42. The molecule has 1 aliphatic heterocycles. The molecular formula is C25H33Cl2NO2. The maximum absolute atomic E-state index is 6.17. The Morgan fingerprint density at radius 3 is 2.30 bits per heavy atom. The zero-order valence-corrected chi connectivity index (χ0v) is 19.8. The van der Waals surface area contributed by atoms with E-state index >= 15 is 0 Å². The molecule has 1 saturated heterocycles. The Balaban J connectivity index is 1.30. The summed E-state index contributed by atoms with van der Waals surface area (Å²) in [5.74, 6) is 0.770. The molecule has 1 heterocycles. The van der Waals surface area contributed by atoms with Crippen molar-refractivity contribution in [1.82, 2.24) is 4.90 Å². The third-order valence-electron chi connectivity index (χ3n) is 5.62. The fraction of sp³-hybridized carbons (Fsp3) is 0.520. The molecule has 0 saturated carbocycles. The third kappa shape index (κ3) is 7.16. The molecule has 0 radical (unpaired) electrons. The molecule has 3 nitrogen and oxygen atoms in total. The molecule has 0 atom stereocenters. The smallest absolute Gasteiger partial charge is 0.120 e. The molecule has 1 aliphatic rings. The second-order valence-electron chi connectivity index (χ2n) is 9.08. The molecule has 2 aromatic carbocycles. The van der Waals surface area contributed by atoms with Crippen molar-refractivity contribution in [3.63, 3.8) is 0 Å². The molecule has 2 aromatic rings. The molecule has 0 amide bonds. The molecule has 5 heteroatoms. The van der Waals surface area contributed by atoms with Crippen LogP contribution in [0.15, 0.2) is 42.5 Å². The second-order valence-corrected chi connectivity index (χ2v) is 9.89. The van der Waals surface area contributed by atoms with Gasteiger partial charge in [0.1, 0.15) is 5.75 Å². The minimum Gasteiger partial charge on any atom is -0.493 e.